The van der Waals surface area contributed by atoms with Crippen LogP contribution in [-0.2, 0) is 4.74 Å². The van der Waals surface area contributed by atoms with Crippen LogP contribution in [0.5, 0.6) is 0 Å². The Hall–Kier alpha value is -1.76. The Morgan fingerprint density at radius 1 is 1.41 bits per heavy atom. The molecule has 0 atom stereocenters. The number of halogens is 2. The first kappa shape index (κ1) is 13.3. The van der Waals surface area contributed by atoms with E-state index in [4.69, 9.17) is 4.74 Å². The smallest absolute Gasteiger partial charge is 0.275 e. The van der Waals surface area contributed by atoms with Gasteiger partial charge in [-0.3, -0.25) is 10.1 Å². The minimum atomic E-state index is -0.992. The predicted octanol–water partition coefficient (Wildman–Crippen LogP) is 2.32. The Labute approximate surface area is 96.5 Å². The van der Waals surface area contributed by atoms with E-state index in [-0.39, 0.29) is 12.2 Å². The molecule has 0 bridgehead atoms. The lowest BCUT2D eigenvalue weighted by atomic mass is 10.2. The van der Waals surface area contributed by atoms with Crippen molar-refractivity contribution < 1.29 is 18.4 Å². The van der Waals surface area contributed by atoms with Crippen molar-refractivity contribution in [1.29, 1.82) is 0 Å². The zero-order valence-corrected chi connectivity index (χ0v) is 9.20. The topological polar surface area (TPSA) is 64.4 Å². The molecule has 0 radical (unpaired) electrons. The molecule has 94 valence electrons. The Bertz CT molecular complexity index is 390. The highest BCUT2D eigenvalue weighted by atomic mass is 19.1. The van der Waals surface area contributed by atoms with Gasteiger partial charge in [0.05, 0.1) is 23.7 Å². The third-order valence-corrected chi connectivity index (χ3v) is 1.99. The Balaban J connectivity index is 2.76. The summed E-state index contributed by atoms with van der Waals surface area (Å²) < 4.78 is 31.6. The number of ether oxygens (including phenoxy) is 1. The maximum absolute atomic E-state index is 13.3. The van der Waals surface area contributed by atoms with Crippen LogP contribution in [0, 0.1) is 21.7 Å². The summed E-state index contributed by atoms with van der Waals surface area (Å²) in [4.78, 5) is 9.50. The van der Waals surface area contributed by atoms with Gasteiger partial charge in [0.25, 0.3) is 5.69 Å². The van der Waals surface area contributed by atoms with E-state index >= 15 is 0 Å². The number of hydrogen-bond donors (Lipinski definition) is 1. The lowest BCUT2D eigenvalue weighted by molar-refractivity contribution is -0.385. The first-order valence-corrected chi connectivity index (χ1v) is 5.01. The fraction of sp³-hybridized carbons (Fsp3) is 0.400. The van der Waals surface area contributed by atoms with Crippen molar-refractivity contribution in [1.82, 2.24) is 0 Å². The van der Waals surface area contributed by atoms with Crippen molar-refractivity contribution in [3.05, 3.63) is 33.9 Å². The molecule has 0 spiro atoms. The van der Waals surface area contributed by atoms with Crippen molar-refractivity contribution in [3.8, 4) is 0 Å². The molecule has 0 aliphatic carbocycles. The Morgan fingerprint density at radius 2 is 2.00 bits per heavy atom. The fourth-order valence-electron chi connectivity index (χ4n) is 1.23. The molecule has 17 heavy (non-hydrogen) atoms. The highest BCUT2D eigenvalue weighted by Crippen LogP contribution is 2.24. The quantitative estimate of drug-likeness (QED) is 0.475. The molecule has 0 saturated carbocycles. The van der Waals surface area contributed by atoms with Gasteiger partial charge in [0, 0.05) is 13.2 Å². The number of anilines is 1. The van der Waals surface area contributed by atoms with Gasteiger partial charge in [0.15, 0.2) is 11.6 Å². The molecular formula is C10H12F2N2O3. The van der Waals surface area contributed by atoms with Crippen molar-refractivity contribution in [2.75, 3.05) is 25.1 Å². The van der Waals surface area contributed by atoms with E-state index in [0.717, 1.165) is 0 Å². The maximum atomic E-state index is 13.3. The third kappa shape index (κ3) is 3.63. The van der Waals surface area contributed by atoms with E-state index < -0.39 is 22.2 Å². The molecule has 5 nitrogen and oxygen atoms in total. The van der Waals surface area contributed by atoms with Crippen LogP contribution in [0.1, 0.15) is 6.92 Å². The molecule has 0 aliphatic rings. The van der Waals surface area contributed by atoms with Crippen LogP contribution in [0.25, 0.3) is 0 Å². The number of rotatable bonds is 6. The van der Waals surface area contributed by atoms with Crippen molar-refractivity contribution >= 4 is 11.4 Å². The zero-order valence-electron chi connectivity index (χ0n) is 9.20. The molecule has 0 aromatic heterocycles. The lowest BCUT2D eigenvalue weighted by Gasteiger charge is -2.08. The first-order valence-electron chi connectivity index (χ1n) is 5.01. The molecule has 0 aliphatic heterocycles. The second-order valence-corrected chi connectivity index (χ2v) is 3.17. The normalized spacial score (nSPS) is 10.3. The van der Waals surface area contributed by atoms with Crippen LogP contribution in [-0.4, -0.2) is 24.7 Å². The van der Waals surface area contributed by atoms with Crippen LogP contribution < -0.4 is 5.32 Å². The number of benzene rings is 1. The predicted molar refractivity (Wildman–Crippen MR) is 58.0 cm³/mol. The highest BCUT2D eigenvalue weighted by molar-refractivity contribution is 5.51. The van der Waals surface area contributed by atoms with Gasteiger partial charge in [-0.15, -0.1) is 0 Å². The number of nitro groups is 1. The summed E-state index contributed by atoms with van der Waals surface area (Å²) in [5.41, 5.74) is -0.995. The van der Waals surface area contributed by atoms with E-state index in [1.54, 1.807) is 6.92 Å². The zero-order chi connectivity index (χ0) is 12.8. The molecule has 7 heteroatoms. The van der Waals surface area contributed by atoms with Gasteiger partial charge in [-0.1, -0.05) is 0 Å². The van der Waals surface area contributed by atoms with Gasteiger partial charge >= 0.3 is 0 Å². The summed E-state index contributed by atoms with van der Waals surface area (Å²) in [5.74, 6) is -1.98. The van der Waals surface area contributed by atoms with Gasteiger partial charge in [0.1, 0.15) is 5.69 Å². The summed E-state index contributed by atoms with van der Waals surface area (Å²) in [6.45, 7) is 2.83. The molecule has 0 heterocycles. The maximum Gasteiger partial charge on any atom is 0.275 e. The molecule has 0 unspecified atom stereocenters. The third-order valence-electron chi connectivity index (χ3n) is 1.99. The second-order valence-electron chi connectivity index (χ2n) is 3.17. The molecule has 0 amide bonds. The monoisotopic (exact) mass is 246 g/mol. The largest absolute Gasteiger partial charge is 0.380 e. The Kier molecular flexibility index (Phi) is 4.77. The summed E-state index contributed by atoms with van der Waals surface area (Å²) >= 11 is 0. The molecule has 1 aromatic carbocycles. The number of nitrogens with zero attached hydrogens (tertiary/aromatic N) is 1. The van der Waals surface area contributed by atoms with Crippen molar-refractivity contribution in [2.45, 2.75) is 6.92 Å². The van der Waals surface area contributed by atoms with Crippen LogP contribution in [0.4, 0.5) is 20.2 Å². The van der Waals surface area contributed by atoms with E-state index in [1.165, 1.54) is 0 Å². The first-order chi connectivity index (χ1) is 8.06. The summed E-state index contributed by atoms with van der Waals surface area (Å²) in [5, 5.41) is 12.8. The van der Waals surface area contributed by atoms with Crippen molar-refractivity contribution in [2.24, 2.45) is 0 Å². The summed E-state index contributed by atoms with van der Waals surface area (Å²) in [6, 6.07) is 1.35. The molecule has 1 N–H and O–H groups in total. The van der Waals surface area contributed by atoms with Gasteiger partial charge < -0.3 is 10.1 Å². The molecular weight excluding hydrogens is 234 g/mol. The fourth-order valence-corrected chi connectivity index (χ4v) is 1.23. The number of hydrogen-bond acceptors (Lipinski definition) is 4. The summed E-state index contributed by atoms with van der Waals surface area (Å²) in [6.07, 6.45) is 0. The number of non-ortho nitro benzene ring substituents is 1. The highest BCUT2D eigenvalue weighted by Gasteiger charge is 2.16. The standard InChI is InChI=1S/C10H12F2N2O3/c1-2-17-4-3-13-10-8(11)5-7(14(15)16)6-9(10)12/h5-6,13H,2-4H2,1H3. The van der Waals surface area contributed by atoms with Crippen LogP contribution in [0.2, 0.25) is 0 Å². The molecule has 1 aromatic rings. The van der Waals surface area contributed by atoms with Gasteiger partial charge in [0.2, 0.25) is 0 Å². The number of nitro benzene ring substituents is 1. The second kappa shape index (κ2) is 6.09. The van der Waals surface area contributed by atoms with E-state index in [9.17, 15) is 18.9 Å². The number of nitrogens with one attached hydrogen (secondary N) is 1. The van der Waals surface area contributed by atoms with Gasteiger partial charge in [-0.2, -0.15) is 0 Å². The van der Waals surface area contributed by atoms with Gasteiger partial charge in [-0.05, 0) is 6.92 Å². The lowest BCUT2D eigenvalue weighted by Crippen LogP contribution is -2.11. The minimum Gasteiger partial charge on any atom is -0.380 e. The summed E-state index contributed by atoms with van der Waals surface area (Å²) in [7, 11) is 0. The molecule has 1 rings (SSSR count). The van der Waals surface area contributed by atoms with E-state index in [2.05, 4.69) is 5.32 Å². The average Bonchev–Trinajstić information content (AvgIpc) is 2.26. The van der Waals surface area contributed by atoms with E-state index in [0.29, 0.717) is 25.3 Å². The minimum absolute atomic E-state index is 0.222. The van der Waals surface area contributed by atoms with Gasteiger partial charge in [-0.25, -0.2) is 8.78 Å². The SMILES string of the molecule is CCOCCNc1c(F)cc([N+](=O)[O-])cc1F. The van der Waals surface area contributed by atoms with Crippen molar-refractivity contribution in [3.63, 3.8) is 0 Å². The van der Waals surface area contributed by atoms with E-state index in [1.807, 2.05) is 0 Å². The van der Waals surface area contributed by atoms with Crippen LogP contribution in [0.15, 0.2) is 12.1 Å². The average molecular weight is 246 g/mol. The Morgan fingerprint density at radius 3 is 2.47 bits per heavy atom. The van der Waals surface area contributed by atoms with Crippen LogP contribution >= 0.6 is 0 Å². The molecule has 0 saturated heterocycles. The van der Waals surface area contributed by atoms with Crippen LogP contribution in [0.3, 0.4) is 0 Å². The molecule has 0 fully saturated rings.